The summed E-state index contributed by atoms with van der Waals surface area (Å²) in [7, 11) is 1.93. The second kappa shape index (κ2) is 3.46. The molecule has 0 aromatic heterocycles. The first-order chi connectivity index (χ1) is 7.10. The zero-order chi connectivity index (χ0) is 11.1. The third-order valence-electron chi connectivity index (χ3n) is 3.46. The standard InChI is InChI=1S/C13H17NO/c1-9-4-6-11(7-5-9)13(14-3)8-12(13)10(2)15/h4-7,12,14H,8H2,1-3H3. The summed E-state index contributed by atoms with van der Waals surface area (Å²) in [4.78, 5) is 11.4. The van der Waals surface area contributed by atoms with Crippen LogP contribution in [-0.4, -0.2) is 12.8 Å². The number of hydrogen-bond donors (Lipinski definition) is 1. The van der Waals surface area contributed by atoms with E-state index in [-0.39, 0.29) is 17.2 Å². The van der Waals surface area contributed by atoms with Crippen molar-refractivity contribution in [3.8, 4) is 0 Å². The maximum Gasteiger partial charge on any atom is 0.135 e. The van der Waals surface area contributed by atoms with E-state index in [2.05, 4.69) is 36.5 Å². The minimum atomic E-state index is -0.0838. The van der Waals surface area contributed by atoms with Crippen LogP contribution >= 0.6 is 0 Å². The summed E-state index contributed by atoms with van der Waals surface area (Å²) in [6, 6.07) is 8.44. The van der Waals surface area contributed by atoms with Crippen molar-refractivity contribution < 1.29 is 4.79 Å². The minimum Gasteiger partial charge on any atom is -0.310 e. The Hall–Kier alpha value is -1.15. The van der Waals surface area contributed by atoms with Gasteiger partial charge in [-0.25, -0.2) is 0 Å². The highest BCUT2D eigenvalue weighted by Crippen LogP contribution is 2.52. The molecule has 0 saturated heterocycles. The lowest BCUT2D eigenvalue weighted by atomic mass is 10.00. The smallest absolute Gasteiger partial charge is 0.135 e. The molecule has 0 radical (unpaired) electrons. The van der Waals surface area contributed by atoms with Crippen molar-refractivity contribution in [3.05, 3.63) is 35.4 Å². The lowest BCUT2D eigenvalue weighted by Crippen LogP contribution is -2.29. The fourth-order valence-electron chi connectivity index (χ4n) is 2.34. The Labute approximate surface area is 90.7 Å². The molecule has 0 aliphatic heterocycles. The van der Waals surface area contributed by atoms with E-state index < -0.39 is 0 Å². The van der Waals surface area contributed by atoms with Crippen LogP contribution in [0.4, 0.5) is 0 Å². The molecule has 2 rings (SSSR count). The van der Waals surface area contributed by atoms with Gasteiger partial charge in [0.25, 0.3) is 0 Å². The minimum absolute atomic E-state index is 0.0838. The van der Waals surface area contributed by atoms with Gasteiger partial charge in [0, 0.05) is 5.92 Å². The van der Waals surface area contributed by atoms with Crippen molar-refractivity contribution in [1.82, 2.24) is 5.32 Å². The van der Waals surface area contributed by atoms with Gasteiger partial charge in [0.1, 0.15) is 5.78 Å². The van der Waals surface area contributed by atoms with E-state index in [4.69, 9.17) is 0 Å². The Morgan fingerprint density at radius 2 is 2.00 bits per heavy atom. The molecule has 2 atom stereocenters. The van der Waals surface area contributed by atoms with Gasteiger partial charge < -0.3 is 5.32 Å². The third kappa shape index (κ3) is 1.59. The van der Waals surface area contributed by atoms with Crippen molar-refractivity contribution in [2.24, 2.45) is 5.92 Å². The Morgan fingerprint density at radius 1 is 1.40 bits per heavy atom. The Morgan fingerprint density at radius 3 is 2.40 bits per heavy atom. The maximum absolute atomic E-state index is 11.4. The van der Waals surface area contributed by atoms with Crippen molar-refractivity contribution in [3.63, 3.8) is 0 Å². The molecular formula is C13H17NO. The fraction of sp³-hybridized carbons (Fsp3) is 0.462. The number of Topliss-reactive ketones (excluding diaryl/α,β-unsaturated/α-hetero) is 1. The number of hydrogen-bond acceptors (Lipinski definition) is 2. The average Bonchev–Trinajstić information content (AvgIpc) is 2.95. The van der Waals surface area contributed by atoms with E-state index in [1.54, 1.807) is 6.92 Å². The molecule has 15 heavy (non-hydrogen) atoms. The largest absolute Gasteiger partial charge is 0.310 e. The van der Waals surface area contributed by atoms with Gasteiger partial charge in [-0.15, -0.1) is 0 Å². The summed E-state index contributed by atoms with van der Waals surface area (Å²) in [5, 5.41) is 3.30. The molecule has 1 aliphatic carbocycles. The van der Waals surface area contributed by atoms with Crippen LogP contribution in [0.3, 0.4) is 0 Å². The molecule has 0 spiro atoms. The molecule has 0 amide bonds. The lowest BCUT2D eigenvalue weighted by Gasteiger charge is -2.16. The van der Waals surface area contributed by atoms with Gasteiger partial charge in [-0.1, -0.05) is 29.8 Å². The molecule has 1 aromatic carbocycles. The van der Waals surface area contributed by atoms with E-state index in [1.165, 1.54) is 11.1 Å². The molecule has 80 valence electrons. The van der Waals surface area contributed by atoms with Crippen molar-refractivity contribution in [1.29, 1.82) is 0 Å². The number of benzene rings is 1. The predicted octanol–water partition coefficient (Wildman–Crippen LogP) is 2.02. The summed E-state index contributed by atoms with van der Waals surface area (Å²) in [6.07, 6.45) is 0.932. The molecule has 0 bridgehead atoms. The van der Waals surface area contributed by atoms with Crippen LogP contribution in [0.1, 0.15) is 24.5 Å². The molecule has 2 unspecified atom stereocenters. The third-order valence-corrected chi connectivity index (χ3v) is 3.46. The van der Waals surface area contributed by atoms with Crippen molar-refractivity contribution in [2.45, 2.75) is 25.8 Å². The summed E-state index contributed by atoms with van der Waals surface area (Å²) >= 11 is 0. The van der Waals surface area contributed by atoms with Gasteiger partial charge in [0.2, 0.25) is 0 Å². The lowest BCUT2D eigenvalue weighted by molar-refractivity contribution is -0.118. The van der Waals surface area contributed by atoms with Crippen LogP contribution in [0.15, 0.2) is 24.3 Å². The second-order valence-electron chi connectivity index (χ2n) is 4.45. The highest BCUT2D eigenvalue weighted by Gasteiger charge is 2.56. The monoisotopic (exact) mass is 203 g/mol. The molecule has 0 heterocycles. The number of nitrogens with one attached hydrogen (secondary N) is 1. The zero-order valence-electron chi connectivity index (χ0n) is 9.50. The first kappa shape index (κ1) is 10.4. The number of carbonyl (C=O) groups is 1. The van der Waals surface area contributed by atoms with Crippen molar-refractivity contribution >= 4 is 5.78 Å². The van der Waals surface area contributed by atoms with Crippen LogP contribution in [0, 0.1) is 12.8 Å². The molecular weight excluding hydrogens is 186 g/mol. The molecule has 2 heteroatoms. The number of ketones is 1. The van der Waals surface area contributed by atoms with Crippen LogP contribution in [0.2, 0.25) is 0 Å². The Balaban J connectivity index is 2.30. The van der Waals surface area contributed by atoms with Gasteiger partial charge >= 0.3 is 0 Å². The molecule has 1 saturated carbocycles. The van der Waals surface area contributed by atoms with Gasteiger partial charge in [-0.3, -0.25) is 4.79 Å². The van der Waals surface area contributed by atoms with Crippen molar-refractivity contribution in [2.75, 3.05) is 7.05 Å². The highest BCUT2D eigenvalue weighted by molar-refractivity contribution is 5.83. The molecule has 1 N–H and O–H groups in total. The Bertz CT molecular complexity index is 382. The quantitative estimate of drug-likeness (QED) is 0.814. The fourth-order valence-corrected chi connectivity index (χ4v) is 2.34. The van der Waals surface area contributed by atoms with Gasteiger partial charge in [-0.2, -0.15) is 0 Å². The van der Waals surface area contributed by atoms with E-state index in [0.29, 0.717) is 0 Å². The van der Waals surface area contributed by atoms with Crippen LogP contribution in [0.5, 0.6) is 0 Å². The summed E-state index contributed by atoms with van der Waals surface area (Å²) in [5.41, 5.74) is 2.40. The van der Waals surface area contributed by atoms with Gasteiger partial charge in [0.05, 0.1) is 5.54 Å². The van der Waals surface area contributed by atoms with Crippen LogP contribution in [0.25, 0.3) is 0 Å². The van der Waals surface area contributed by atoms with E-state index in [0.717, 1.165) is 6.42 Å². The molecule has 1 fully saturated rings. The SMILES string of the molecule is CNC1(c2ccc(C)cc2)CC1C(C)=O. The summed E-state index contributed by atoms with van der Waals surface area (Å²) < 4.78 is 0. The molecule has 2 nitrogen and oxygen atoms in total. The first-order valence-corrected chi connectivity index (χ1v) is 5.36. The topological polar surface area (TPSA) is 29.1 Å². The predicted molar refractivity (Wildman–Crippen MR) is 60.7 cm³/mol. The average molecular weight is 203 g/mol. The van der Waals surface area contributed by atoms with E-state index in [1.807, 2.05) is 7.05 Å². The maximum atomic E-state index is 11.4. The van der Waals surface area contributed by atoms with Gasteiger partial charge in [0.15, 0.2) is 0 Å². The number of rotatable bonds is 3. The first-order valence-electron chi connectivity index (χ1n) is 5.36. The summed E-state index contributed by atoms with van der Waals surface area (Å²) in [5.74, 6) is 0.440. The second-order valence-corrected chi connectivity index (χ2v) is 4.45. The zero-order valence-corrected chi connectivity index (χ0v) is 9.50. The highest BCUT2D eigenvalue weighted by atomic mass is 16.1. The summed E-state index contributed by atoms with van der Waals surface area (Å²) in [6.45, 7) is 3.75. The van der Waals surface area contributed by atoms with Crippen LogP contribution < -0.4 is 5.32 Å². The molecule has 1 aliphatic rings. The van der Waals surface area contributed by atoms with E-state index >= 15 is 0 Å². The number of aryl methyl sites for hydroxylation is 1. The van der Waals surface area contributed by atoms with Gasteiger partial charge in [-0.05, 0) is 32.9 Å². The number of carbonyl (C=O) groups excluding carboxylic acids is 1. The van der Waals surface area contributed by atoms with E-state index in [9.17, 15) is 4.79 Å². The molecule has 1 aromatic rings. The normalized spacial score (nSPS) is 28.9. The van der Waals surface area contributed by atoms with Crippen LogP contribution in [-0.2, 0) is 10.3 Å². The Kier molecular flexibility index (Phi) is 2.39.